The Bertz CT molecular complexity index is 964. The molecule has 2 fully saturated rings. The molecule has 0 aliphatic carbocycles. The van der Waals surface area contributed by atoms with Crippen molar-refractivity contribution in [1.82, 2.24) is 25.2 Å². The molecule has 2 N–H and O–H groups in total. The fourth-order valence-corrected chi connectivity index (χ4v) is 5.24. The van der Waals surface area contributed by atoms with Gasteiger partial charge in [-0.3, -0.25) is 19.1 Å². The minimum Gasteiger partial charge on any atom is -0.483 e. The van der Waals surface area contributed by atoms with E-state index in [1.807, 2.05) is 28.8 Å². The van der Waals surface area contributed by atoms with Gasteiger partial charge in [-0.05, 0) is 52.5 Å². The topological polar surface area (TPSA) is 131 Å². The number of aryl methyl sites for hydroxylation is 3. The molecule has 32 heavy (non-hydrogen) atoms. The lowest BCUT2D eigenvalue weighted by molar-refractivity contribution is -0.133. The van der Waals surface area contributed by atoms with Gasteiger partial charge in [0.05, 0.1) is 23.3 Å². The normalized spacial score (nSPS) is 23.6. The van der Waals surface area contributed by atoms with Gasteiger partial charge in [0.1, 0.15) is 11.3 Å². The van der Waals surface area contributed by atoms with Crippen LogP contribution in [0.5, 0.6) is 0 Å². The molecule has 2 aliphatic heterocycles. The van der Waals surface area contributed by atoms with E-state index < -0.39 is 5.41 Å². The smallest absolute Gasteiger partial charge is 0.290 e. The predicted molar refractivity (Wildman–Crippen MR) is 115 cm³/mol. The Morgan fingerprint density at radius 1 is 1.34 bits per heavy atom. The summed E-state index contributed by atoms with van der Waals surface area (Å²) >= 11 is 0. The summed E-state index contributed by atoms with van der Waals surface area (Å²) < 4.78 is 7.04. The Kier molecular flexibility index (Phi) is 7.00. The monoisotopic (exact) mass is 445 g/mol. The van der Waals surface area contributed by atoms with Gasteiger partial charge in [0.15, 0.2) is 0 Å². The molecule has 2 aliphatic rings. The SMILES string of the molecule is CC[C@]1(C(=O)NCCn2ccc(C)n2)C[C@H]2CC[C@@H]1N2C(=O)c1c(C)noc1C.O=CO. The molecule has 2 aromatic heterocycles. The van der Waals surface area contributed by atoms with Crippen molar-refractivity contribution in [3.05, 3.63) is 35.0 Å². The maximum atomic E-state index is 13.3. The number of amides is 2. The molecule has 4 heterocycles. The van der Waals surface area contributed by atoms with Crippen molar-refractivity contribution >= 4 is 18.3 Å². The molecule has 174 valence electrons. The molecule has 2 bridgehead atoms. The highest BCUT2D eigenvalue weighted by molar-refractivity contribution is 5.98. The van der Waals surface area contributed by atoms with Gasteiger partial charge >= 0.3 is 0 Å². The maximum absolute atomic E-state index is 13.3. The van der Waals surface area contributed by atoms with E-state index in [1.165, 1.54) is 0 Å². The molecular weight excluding hydrogens is 414 g/mol. The van der Waals surface area contributed by atoms with Gasteiger partial charge in [-0.15, -0.1) is 0 Å². The second kappa shape index (κ2) is 9.54. The lowest BCUT2D eigenvalue weighted by Gasteiger charge is -2.35. The Balaban J connectivity index is 0.000000913. The molecule has 2 amide bonds. The van der Waals surface area contributed by atoms with Crippen molar-refractivity contribution in [1.29, 1.82) is 0 Å². The molecule has 10 heteroatoms. The molecule has 2 saturated heterocycles. The van der Waals surface area contributed by atoms with E-state index in [4.69, 9.17) is 14.4 Å². The van der Waals surface area contributed by atoms with Crippen LogP contribution in [0, 0.1) is 26.2 Å². The van der Waals surface area contributed by atoms with E-state index in [0.717, 1.165) is 25.0 Å². The molecule has 0 saturated carbocycles. The number of carbonyl (C=O) groups is 3. The number of rotatable bonds is 6. The van der Waals surface area contributed by atoms with Crippen LogP contribution >= 0.6 is 0 Å². The van der Waals surface area contributed by atoms with Gasteiger partial charge in [0, 0.05) is 24.8 Å². The van der Waals surface area contributed by atoms with Gasteiger partial charge in [-0.25, -0.2) is 0 Å². The largest absolute Gasteiger partial charge is 0.483 e. The van der Waals surface area contributed by atoms with E-state index in [-0.39, 0.29) is 30.4 Å². The number of nitrogens with one attached hydrogen (secondary N) is 1. The first-order chi connectivity index (χ1) is 15.3. The summed E-state index contributed by atoms with van der Waals surface area (Å²) in [6.45, 7) is 8.46. The summed E-state index contributed by atoms with van der Waals surface area (Å²) in [5.74, 6) is 0.538. The van der Waals surface area contributed by atoms with Crippen LogP contribution < -0.4 is 5.32 Å². The highest BCUT2D eigenvalue weighted by atomic mass is 16.5. The van der Waals surface area contributed by atoms with Crippen LogP contribution in [-0.4, -0.2) is 61.9 Å². The van der Waals surface area contributed by atoms with Crippen LogP contribution in [0.2, 0.25) is 0 Å². The molecule has 4 rings (SSSR count). The predicted octanol–water partition coefficient (Wildman–Crippen LogP) is 2.09. The van der Waals surface area contributed by atoms with Crippen molar-refractivity contribution in [3.8, 4) is 0 Å². The molecule has 0 aromatic carbocycles. The van der Waals surface area contributed by atoms with Crippen LogP contribution in [0.4, 0.5) is 0 Å². The fraction of sp³-hybridized carbons (Fsp3) is 0.591. The van der Waals surface area contributed by atoms with Crippen molar-refractivity contribution in [3.63, 3.8) is 0 Å². The van der Waals surface area contributed by atoms with Crippen molar-refractivity contribution in [2.24, 2.45) is 5.41 Å². The van der Waals surface area contributed by atoms with Gasteiger partial charge < -0.3 is 19.8 Å². The number of hydrogen-bond donors (Lipinski definition) is 2. The number of hydrogen-bond acceptors (Lipinski definition) is 6. The lowest BCUT2D eigenvalue weighted by Crippen LogP contribution is -2.50. The van der Waals surface area contributed by atoms with Crippen LogP contribution in [0.3, 0.4) is 0 Å². The van der Waals surface area contributed by atoms with E-state index in [1.54, 1.807) is 13.8 Å². The van der Waals surface area contributed by atoms with Crippen molar-refractivity contribution in [2.75, 3.05) is 6.54 Å². The van der Waals surface area contributed by atoms with Crippen LogP contribution in [0.15, 0.2) is 16.8 Å². The summed E-state index contributed by atoms with van der Waals surface area (Å²) in [6, 6.07) is 1.97. The van der Waals surface area contributed by atoms with E-state index in [2.05, 4.69) is 22.5 Å². The number of carboxylic acid groups (broad SMARTS) is 1. The van der Waals surface area contributed by atoms with Crippen molar-refractivity contribution < 1.29 is 24.0 Å². The summed E-state index contributed by atoms with van der Waals surface area (Å²) in [7, 11) is 0. The zero-order valence-corrected chi connectivity index (χ0v) is 19.0. The van der Waals surface area contributed by atoms with Crippen LogP contribution in [-0.2, 0) is 16.1 Å². The van der Waals surface area contributed by atoms with Gasteiger partial charge in [-0.1, -0.05) is 12.1 Å². The average Bonchev–Trinajstić information content (AvgIpc) is 3.52. The van der Waals surface area contributed by atoms with Crippen LogP contribution in [0.1, 0.15) is 60.1 Å². The number of nitrogens with zero attached hydrogens (tertiary/aromatic N) is 4. The minimum absolute atomic E-state index is 0.0487. The second-order valence-electron chi connectivity index (χ2n) is 8.45. The second-order valence-corrected chi connectivity index (χ2v) is 8.45. The standard InChI is InChI=1S/C21H29N5O3.CH2O2/c1-5-21(20(28)22-9-11-25-10-8-13(2)23-25)12-16-6-7-17(21)26(16)19(27)18-14(3)24-29-15(18)4;2-1-3/h8,10,16-17H,5-7,9,11-12H2,1-4H3,(H,22,28);1H,(H,2,3)/t16-,17+,21+;/m1./s1. The third-order valence-corrected chi connectivity index (χ3v) is 6.71. The highest BCUT2D eigenvalue weighted by Gasteiger charge is 2.60. The summed E-state index contributed by atoms with van der Waals surface area (Å²) in [5.41, 5.74) is 1.59. The number of carbonyl (C=O) groups excluding carboxylic acids is 2. The zero-order chi connectivity index (χ0) is 23.5. The molecule has 0 spiro atoms. The Labute approximate surface area is 186 Å². The van der Waals surface area contributed by atoms with Gasteiger partial charge in [-0.2, -0.15) is 5.10 Å². The van der Waals surface area contributed by atoms with Gasteiger partial charge in [0.25, 0.3) is 12.4 Å². The van der Waals surface area contributed by atoms with E-state index >= 15 is 0 Å². The van der Waals surface area contributed by atoms with E-state index in [9.17, 15) is 9.59 Å². The summed E-state index contributed by atoms with van der Waals surface area (Å²) in [4.78, 5) is 36.9. The number of aromatic nitrogens is 3. The summed E-state index contributed by atoms with van der Waals surface area (Å²) in [6.07, 6.45) is 5.15. The molecule has 0 unspecified atom stereocenters. The summed E-state index contributed by atoms with van der Waals surface area (Å²) in [5, 5.41) is 18.3. The third kappa shape index (κ3) is 4.13. The first-order valence-corrected chi connectivity index (χ1v) is 10.9. The Hall–Kier alpha value is -3.17. The Morgan fingerprint density at radius 2 is 2.06 bits per heavy atom. The minimum atomic E-state index is -0.530. The maximum Gasteiger partial charge on any atom is 0.290 e. The fourth-order valence-electron chi connectivity index (χ4n) is 5.24. The van der Waals surface area contributed by atoms with Crippen molar-refractivity contribution in [2.45, 2.75) is 72.0 Å². The average molecular weight is 446 g/mol. The molecule has 10 nitrogen and oxygen atoms in total. The lowest BCUT2D eigenvalue weighted by atomic mass is 9.71. The highest BCUT2D eigenvalue weighted by Crippen LogP contribution is 2.52. The van der Waals surface area contributed by atoms with Gasteiger partial charge in [0.2, 0.25) is 5.91 Å². The molecule has 0 radical (unpaired) electrons. The molecule has 3 atom stereocenters. The van der Waals surface area contributed by atoms with E-state index in [0.29, 0.717) is 36.5 Å². The third-order valence-electron chi connectivity index (χ3n) is 6.71. The molecule has 2 aromatic rings. The molecular formula is C22H31N5O5. The zero-order valence-electron chi connectivity index (χ0n) is 19.0. The first-order valence-electron chi connectivity index (χ1n) is 10.9. The first kappa shape index (κ1) is 23.5. The number of fused-ring (bicyclic) bond motifs is 2. The Morgan fingerprint density at radius 3 is 2.62 bits per heavy atom. The van der Waals surface area contributed by atoms with Crippen LogP contribution in [0.25, 0.3) is 0 Å². The quantitative estimate of drug-likeness (QED) is 0.651.